The van der Waals surface area contributed by atoms with E-state index < -0.39 is 23.7 Å². The van der Waals surface area contributed by atoms with Crippen LogP contribution in [0.4, 0.5) is 9.59 Å². The number of hydrazine groups is 1. The maximum Gasteiger partial charge on any atom is 0.426 e. The molecule has 1 aliphatic carbocycles. The van der Waals surface area contributed by atoms with Gasteiger partial charge in [-0.3, -0.25) is 10.2 Å². The van der Waals surface area contributed by atoms with Crippen molar-refractivity contribution in [3.63, 3.8) is 0 Å². The van der Waals surface area contributed by atoms with Gasteiger partial charge in [-0.1, -0.05) is 32.1 Å². The van der Waals surface area contributed by atoms with Crippen LogP contribution < -0.4 is 20.9 Å². The lowest BCUT2D eigenvalue weighted by atomic mass is 9.85. The molecule has 2 rings (SSSR count). The summed E-state index contributed by atoms with van der Waals surface area (Å²) in [6.45, 7) is 7.60. The average Bonchev–Trinajstić information content (AvgIpc) is 3.18. The summed E-state index contributed by atoms with van der Waals surface area (Å²) in [7, 11) is 0. The zero-order valence-corrected chi connectivity index (χ0v) is 20.1. The predicted molar refractivity (Wildman–Crippen MR) is 122 cm³/mol. The van der Waals surface area contributed by atoms with Crippen LogP contribution in [-0.4, -0.2) is 43.0 Å². The molecule has 0 radical (unpaired) electrons. The normalized spacial score (nSPS) is 15.4. The van der Waals surface area contributed by atoms with Crippen LogP contribution >= 0.6 is 11.3 Å². The summed E-state index contributed by atoms with van der Waals surface area (Å²) in [5.41, 5.74) is 3.93. The molecule has 0 saturated heterocycles. The van der Waals surface area contributed by atoms with E-state index in [2.05, 4.69) is 16.2 Å². The van der Waals surface area contributed by atoms with Crippen LogP contribution in [0.15, 0.2) is 11.4 Å². The number of ether oxygens (including phenoxy) is 3. The Balaban J connectivity index is 1.84. The van der Waals surface area contributed by atoms with E-state index in [1.165, 1.54) is 30.6 Å². The van der Waals surface area contributed by atoms with Crippen LogP contribution in [-0.2, 0) is 9.47 Å². The maximum atomic E-state index is 12.3. The highest BCUT2D eigenvalue weighted by Crippen LogP contribution is 2.27. The van der Waals surface area contributed by atoms with Crippen LogP contribution in [0, 0.1) is 5.92 Å². The van der Waals surface area contributed by atoms with E-state index in [0.717, 1.165) is 12.8 Å². The lowest BCUT2D eigenvalue weighted by Gasteiger charge is -2.28. The van der Waals surface area contributed by atoms with Gasteiger partial charge in [0.2, 0.25) is 0 Å². The molecule has 180 valence electrons. The third-order valence-corrected chi connectivity index (χ3v) is 5.79. The molecule has 32 heavy (non-hydrogen) atoms. The van der Waals surface area contributed by atoms with Crippen LogP contribution in [0.1, 0.15) is 75.9 Å². The number of rotatable bonds is 8. The molecule has 1 aromatic rings. The summed E-state index contributed by atoms with van der Waals surface area (Å²) in [5.74, 6) is 0.427. The molecule has 1 atom stereocenters. The number of carbonyl (C=O) groups is 3. The van der Waals surface area contributed by atoms with Crippen LogP contribution in [0.3, 0.4) is 0 Å². The molecule has 0 bridgehead atoms. The Morgan fingerprint density at radius 1 is 1.12 bits per heavy atom. The van der Waals surface area contributed by atoms with Gasteiger partial charge in [0.15, 0.2) is 0 Å². The van der Waals surface area contributed by atoms with Crippen molar-refractivity contribution < 1.29 is 28.6 Å². The van der Waals surface area contributed by atoms with Gasteiger partial charge < -0.3 is 19.5 Å². The van der Waals surface area contributed by atoms with Crippen LogP contribution in [0.5, 0.6) is 5.75 Å². The molecule has 0 spiro atoms. The minimum atomic E-state index is -0.813. The molecule has 3 amide bonds. The first-order valence-corrected chi connectivity index (χ1v) is 12.0. The second kappa shape index (κ2) is 12.5. The quantitative estimate of drug-likeness (QED) is 0.487. The highest BCUT2D eigenvalue weighted by molar-refractivity contribution is 7.12. The van der Waals surface area contributed by atoms with E-state index in [1.807, 2.05) is 6.92 Å². The van der Waals surface area contributed by atoms with E-state index in [4.69, 9.17) is 14.2 Å². The first-order valence-electron chi connectivity index (χ1n) is 11.1. The van der Waals surface area contributed by atoms with E-state index in [0.29, 0.717) is 29.6 Å². The molecule has 10 heteroatoms. The summed E-state index contributed by atoms with van der Waals surface area (Å²) < 4.78 is 16.0. The number of nitrogens with one attached hydrogen (secondary N) is 3. The van der Waals surface area contributed by atoms with E-state index in [-0.39, 0.29) is 12.6 Å². The van der Waals surface area contributed by atoms with Gasteiger partial charge in [0.1, 0.15) is 22.8 Å². The summed E-state index contributed by atoms with van der Waals surface area (Å²) in [4.78, 5) is 37.0. The minimum Gasteiger partial charge on any atom is -0.492 e. The Labute approximate surface area is 193 Å². The highest BCUT2D eigenvalue weighted by Gasteiger charge is 2.24. The second-order valence-corrected chi connectivity index (χ2v) is 9.72. The molecule has 1 aliphatic rings. The average molecular weight is 470 g/mol. The lowest BCUT2D eigenvalue weighted by molar-refractivity contribution is 0.0454. The van der Waals surface area contributed by atoms with Crippen molar-refractivity contribution >= 4 is 29.4 Å². The summed E-state index contributed by atoms with van der Waals surface area (Å²) in [6.07, 6.45) is 5.10. The number of thiophene rings is 1. The molecule has 1 heterocycles. The molecule has 1 aromatic heterocycles. The number of amides is 3. The van der Waals surface area contributed by atoms with Crippen molar-refractivity contribution in [2.75, 3.05) is 13.2 Å². The number of carbonyl (C=O) groups excluding carboxylic acids is 3. The lowest BCUT2D eigenvalue weighted by Crippen LogP contribution is -2.46. The monoisotopic (exact) mass is 469 g/mol. The fraction of sp³-hybridized carbons (Fsp3) is 0.682. The Bertz CT molecular complexity index is 755. The van der Waals surface area contributed by atoms with Crippen molar-refractivity contribution in [2.45, 2.75) is 77.9 Å². The van der Waals surface area contributed by atoms with Gasteiger partial charge in [-0.25, -0.2) is 15.0 Å². The standard InChI is InChI=1S/C22H35N3O6S/c1-5-29-17-11-12-32-18(17)19(26)24-25-21(28)30-14-16(13-15-9-7-6-8-10-15)23-20(27)31-22(2,3)4/h11-12,15-16H,5-10,13-14H2,1-4H3,(H,23,27)(H,24,26)(H,25,28). The van der Waals surface area contributed by atoms with Gasteiger partial charge in [0, 0.05) is 0 Å². The molecule has 1 saturated carbocycles. The minimum absolute atomic E-state index is 0.0271. The largest absolute Gasteiger partial charge is 0.492 e. The third kappa shape index (κ3) is 9.33. The maximum absolute atomic E-state index is 12.3. The van der Waals surface area contributed by atoms with Gasteiger partial charge in [0.05, 0.1) is 12.6 Å². The second-order valence-electron chi connectivity index (χ2n) is 8.81. The summed E-state index contributed by atoms with van der Waals surface area (Å²) in [6, 6.07) is 1.32. The molecule has 3 N–H and O–H groups in total. The molecular formula is C22H35N3O6S. The van der Waals surface area contributed by atoms with Crippen molar-refractivity contribution in [3.05, 3.63) is 16.3 Å². The van der Waals surface area contributed by atoms with Gasteiger partial charge in [-0.2, -0.15) is 0 Å². The molecule has 9 nitrogen and oxygen atoms in total. The van der Waals surface area contributed by atoms with E-state index in [9.17, 15) is 14.4 Å². The summed E-state index contributed by atoms with van der Waals surface area (Å²) >= 11 is 1.21. The number of alkyl carbamates (subject to hydrolysis) is 1. The zero-order valence-electron chi connectivity index (χ0n) is 19.3. The first-order chi connectivity index (χ1) is 15.2. The Hall–Kier alpha value is -2.49. The Morgan fingerprint density at radius 3 is 2.50 bits per heavy atom. The smallest absolute Gasteiger partial charge is 0.426 e. The Kier molecular flexibility index (Phi) is 10.1. The number of hydrogen-bond acceptors (Lipinski definition) is 7. The van der Waals surface area contributed by atoms with E-state index >= 15 is 0 Å². The predicted octanol–water partition coefficient (Wildman–Crippen LogP) is 4.38. The third-order valence-electron chi connectivity index (χ3n) is 4.89. The van der Waals surface area contributed by atoms with Gasteiger partial charge in [-0.15, -0.1) is 11.3 Å². The molecule has 1 unspecified atom stereocenters. The van der Waals surface area contributed by atoms with Crippen LogP contribution in [0.2, 0.25) is 0 Å². The van der Waals surface area contributed by atoms with Crippen molar-refractivity contribution in [1.82, 2.24) is 16.2 Å². The molecule has 0 aromatic carbocycles. The first kappa shape index (κ1) is 25.8. The summed E-state index contributed by atoms with van der Waals surface area (Å²) in [5, 5.41) is 4.55. The van der Waals surface area contributed by atoms with Gasteiger partial charge in [-0.05, 0) is 51.5 Å². The topological polar surface area (TPSA) is 115 Å². The zero-order chi connectivity index (χ0) is 23.6. The van der Waals surface area contributed by atoms with Crippen molar-refractivity contribution in [2.24, 2.45) is 5.92 Å². The molecular weight excluding hydrogens is 434 g/mol. The van der Waals surface area contributed by atoms with Crippen molar-refractivity contribution in [3.8, 4) is 5.75 Å². The highest BCUT2D eigenvalue weighted by atomic mass is 32.1. The van der Waals surface area contributed by atoms with Gasteiger partial charge >= 0.3 is 12.2 Å². The SMILES string of the molecule is CCOc1ccsc1C(=O)NNC(=O)OCC(CC1CCCCC1)NC(=O)OC(C)(C)C. The fourth-order valence-corrected chi connectivity index (χ4v) is 4.31. The fourth-order valence-electron chi connectivity index (χ4n) is 3.58. The number of hydrogen-bond donors (Lipinski definition) is 3. The van der Waals surface area contributed by atoms with E-state index in [1.54, 1.807) is 32.2 Å². The molecule has 0 aliphatic heterocycles. The van der Waals surface area contributed by atoms with Crippen molar-refractivity contribution in [1.29, 1.82) is 0 Å². The van der Waals surface area contributed by atoms with Crippen LogP contribution in [0.25, 0.3) is 0 Å². The molecule has 1 fully saturated rings. The van der Waals surface area contributed by atoms with Gasteiger partial charge in [0.25, 0.3) is 5.91 Å². The Morgan fingerprint density at radius 2 is 1.84 bits per heavy atom.